The third kappa shape index (κ3) is 2.23. The Hall–Kier alpha value is -1.55. The van der Waals surface area contributed by atoms with Gasteiger partial charge < -0.3 is 9.73 Å². The van der Waals surface area contributed by atoms with Crippen LogP contribution < -0.4 is 5.32 Å². The Balaban J connectivity index is 1.95. The highest BCUT2D eigenvalue weighted by Gasteiger charge is 1.97. The maximum Gasteiger partial charge on any atom is 0.223 e. The number of hydrogen-bond donors (Lipinski definition) is 1. The molecule has 14 heavy (non-hydrogen) atoms. The van der Waals surface area contributed by atoms with Gasteiger partial charge in [0.25, 0.3) is 0 Å². The third-order valence-electron chi connectivity index (χ3n) is 1.62. The van der Waals surface area contributed by atoms with E-state index < -0.39 is 0 Å². The van der Waals surface area contributed by atoms with Gasteiger partial charge >= 0.3 is 0 Å². The Morgan fingerprint density at radius 1 is 1.36 bits per heavy atom. The number of furan rings is 1. The fraction of sp³-hybridized carbons (Fsp3) is 0.111. The molecule has 0 aromatic carbocycles. The lowest BCUT2D eigenvalue weighted by Crippen LogP contribution is -2.01. The van der Waals surface area contributed by atoms with Crippen molar-refractivity contribution in [1.29, 1.82) is 0 Å². The van der Waals surface area contributed by atoms with Crippen LogP contribution in [0.25, 0.3) is 0 Å². The van der Waals surface area contributed by atoms with Crippen LogP contribution in [-0.4, -0.2) is 9.97 Å². The Bertz CT molecular complexity index is 385. The molecule has 2 rings (SSSR count). The van der Waals surface area contributed by atoms with Crippen LogP contribution in [0.4, 0.5) is 5.95 Å². The van der Waals surface area contributed by atoms with Gasteiger partial charge in [0.05, 0.1) is 30.2 Å². The van der Waals surface area contributed by atoms with Crippen LogP contribution in [0, 0.1) is 0 Å². The zero-order valence-corrected chi connectivity index (χ0v) is 8.03. The molecule has 2 aromatic rings. The number of nitrogens with one attached hydrogen (secondary N) is 1. The van der Waals surface area contributed by atoms with Crippen molar-refractivity contribution in [3.8, 4) is 0 Å². The molecule has 0 amide bonds. The molecule has 0 atom stereocenters. The van der Waals surface area contributed by atoms with Crippen molar-refractivity contribution >= 4 is 17.5 Å². The predicted octanol–water partition coefficient (Wildman–Crippen LogP) is 2.34. The van der Waals surface area contributed by atoms with Gasteiger partial charge in [0, 0.05) is 0 Å². The van der Waals surface area contributed by atoms with Crippen molar-refractivity contribution in [2.75, 3.05) is 5.32 Å². The molecule has 0 aliphatic rings. The van der Waals surface area contributed by atoms with Crippen LogP contribution in [0.15, 0.2) is 35.2 Å². The van der Waals surface area contributed by atoms with Gasteiger partial charge in [-0.05, 0) is 12.1 Å². The Morgan fingerprint density at radius 2 is 2.14 bits per heavy atom. The molecule has 5 heteroatoms. The molecule has 2 heterocycles. The van der Waals surface area contributed by atoms with Gasteiger partial charge in [0.2, 0.25) is 5.95 Å². The molecule has 0 saturated carbocycles. The van der Waals surface area contributed by atoms with Crippen molar-refractivity contribution in [3.63, 3.8) is 0 Å². The summed E-state index contributed by atoms with van der Waals surface area (Å²) in [5.74, 6) is 1.37. The van der Waals surface area contributed by atoms with Crippen LogP contribution in [0.2, 0.25) is 5.02 Å². The van der Waals surface area contributed by atoms with Gasteiger partial charge in [-0.1, -0.05) is 11.6 Å². The monoisotopic (exact) mass is 209 g/mol. The second-order valence-corrected chi connectivity index (χ2v) is 3.09. The molecule has 0 saturated heterocycles. The SMILES string of the molecule is Clc1cnc(NCc2ccco2)nc1. The molecule has 0 fully saturated rings. The zero-order chi connectivity index (χ0) is 9.80. The number of aromatic nitrogens is 2. The van der Waals surface area contributed by atoms with E-state index in [0.717, 1.165) is 5.76 Å². The maximum atomic E-state index is 5.64. The second kappa shape index (κ2) is 4.11. The largest absolute Gasteiger partial charge is 0.467 e. The summed E-state index contributed by atoms with van der Waals surface area (Å²) in [4.78, 5) is 7.96. The lowest BCUT2D eigenvalue weighted by molar-refractivity contribution is 0.517. The van der Waals surface area contributed by atoms with Gasteiger partial charge in [-0.25, -0.2) is 9.97 Å². The molecule has 4 nitrogen and oxygen atoms in total. The Labute approximate surface area is 85.9 Å². The van der Waals surface area contributed by atoms with E-state index in [4.69, 9.17) is 16.0 Å². The number of nitrogens with zero attached hydrogens (tertiary/aromatic N) is 2. The summed E-state index contributed by atoms with van der Waals surface area (Å²) in [5.41, 5.74) is 0. The summed E-state index contributed by atoms with van der Waals surface area (Å²) < 4.78 is 5.13. The zero-order valence-electron chi connectivity index (χ0n) is 7.27. The summed E-state index contributed by atoms with van der Waals surface area (Å²) >= 11 is 5.64. The van der Waals surface area contributed by atoms with Crippen LogP contribution in [0.3, 0.4) is 0 Å². The molecule has 0 radical (unpaired) electrons. The van der Waals surface area contributed by atoms with Gasteiger partial charge in [0.1, 0.15) is 5.76 Å². The van der Waals surface area contributed by atoms with E-state index in [1.807, 2.05) is 12.1 Å². The maximum absolute atomic E-state index is 5.64. The summed E-state index contributed by atoms with van der Waals surface area (Å²) in [5, 5.41) is 3.52. The first-order chi connectivity index (χ1) is 6.84. The van der Waals surface area contributed by atoms with E-state index in [-0.39, 0.29) is 0 Å². The highest BCUT2D eigenvalue weighted by molar-refractivity contribution is 6.30. The van der Waals surface area contributed by atoms with Gasteiger partial charge in [-0.2, -0.15) is 0 Å². The molecule has 0 unspecified atom stereocenters. The highest BCUT2D eigenvalue weighted by atomic mass is 35.5. The van der Waals surface area contributed by atoms with Crippen LogP contribution >= 0.6 is 11.6 Å². The van der Waals surface area contributed by atoms with Crippen LogP contribution in [0.5, 0.6) is 0 Å². The molecular weight excluding hydrogens is 202 g/mol. The molecule has 1 N–H and O–H groups in total. The molecule has 0 aliphatic heterocycles. The normalized spacial score (nSPS) is 10.1. The van der Waals surface area contributed by atoms with E-state index in [1.54, 1.807) is 18.7 Å². The van der Waals surface area contributed by atoms with Crippen molar-refractivity contribution in [3.05, 3.63) is 41.6 Å². The topological polar surface area (TPSA) is 51.0 Å². The Morgan fingerprint density at radius 3 is 2.79 bits per heavy atom. The lowest BCUT2D eigenvalue weighted by atomic mass is 10.4. The van der Waals surface area contributed by atoms with Crippen molar-refractivity contribution in [1.82, 2.24) is 9.97 Å². The first-order valence-electron chi connectivity index (χ1n) is 4.08. The molecule has 2 aromatic heterocycles. The number of halogens is 1. The standard InChI is InChI=1S/C9H8ClN3O/c10-7-4-11-9(12-5-7)13-6-8-2-1-3-14-8/h1-5H,6H2,(H,11,12,13). The van der Waals surface area contributed by atoms with Gasteiger partial charge in [-0.3, -0.25) is 0 Å². The molecular formula is C9H8ClN3O. The number of rotatable bonds is 3. The van der Waals surface area contributed by atoms with Crippen molar-refractivity contribution < 1.29 is 4.42 Å². The first-order valence-corrected chi connectivity index (χ1v) is 4.46. The lowest BCUT2D eigenvalue weighted by Gasteiger charge is -2.00. The molecule has 0 aliphatic carbocycles. The minimum atomic E-state index is 0.522. The summed E-state index contributed by atoms with van der Waals surface area (Å²) in [6, 6.07) is 3.71. The Kier molecular flexibility index (Phi) is 2.65. The van der Waals surface area contributed by atoms with Crippen LogP contribution in [0.1, 0.15) is 5.76 Å². The summed E-state index contributed by atoms with van der Waals surface area (Å²) in [6.45, 7) is 0.564. The average Bonchev–Trinajstić information content (AvgIpc) is 2.70. The van der Waals surface area contributed by atoms with E-state index in [9.17, 15) is 0 Å². The number of anilines is 1. The minimum absolute atomic E-state index is 0.522. The fourth-order valence-corrected chi connectivity index (χ4v) is 1.08. The fourth-order valence-electron chi connectivity index (χ4n) is 0.983. The average molecular weight is 210 g/mol. The number of hydrogen-bond acceptors (Lipinski definition) is 4. The molecule has 0 spiro atoms. The summed E-state index contributed by atoms with van der Waals surface area (Å²) in [7, 11) is 0. The van der Waals surface area contributed by atoms with E-state index in [1.165, 1.54) is 0 Å². The van der Waals surface area contributed by atoms with Crippen molar-refractivity contribution in [2.24, 2.45) is 0 Å². The predicted molar refractivity (Wildman–Crippen MR) is 53.1 cm³/mol. The molecule has 0 bridgehead atoms. The summed E-state index contributed by atoms with van der Waals surface area (Å²) in [6.07, 6.45) is 4.71. The van der Waals surface area contributed by atoms with Gasteiger partial charge in [0.15, 0.2) is 0 Å². The van der Waals surface area contributed by atoms with E-state index >= 15 is 0 Å². The minimum Gasteiger partial charge on any atom is -0.467 e. The van der Waals surface area contributed by atoms with Crippen molar-refractivity contribution in [2.45, 2.75) is 6.54 Å². The first kappa shape index (κ1) is 9.02. The van der Waals surface area contributed by atoms with E-state index in [2.05, 4.69) is 15.3 Å². The smallest absolute Gasteiger partial charge is 0.223 e. The molecule has 72 valence electrons. The highest BCUT2D eigenvalue weighted by Crippen LogP contribution is 2.07. The van der Waals surface area contributed by atoms with Gasteiger partial charge in [-0.15, -0.1) is 0 Å². The third-order valence-corrected chi connectivity index (χ3v) is 1.82. The second-order valence-electron chi connectivity index (χ2n) is 2.66. The van der Waals surface area contributed by atoms with Crippen LogP contribution in [-0.2, 0) is 6.54 Å². The van der Waals surface area contributed by atoms with E-state index in [0.29, 0.717) is 17.5 Å². The quantitative estimate of drug-likeness (QED) is 0.843.